The van der Waals surface area contributed by atoms with Crippen molar-refractivity contribution in [1.29, 1.82) is 0 Å². The van der Waals surface area contributed by atoms with Crippen LogP contribution in [0.15, 0.2) is 79.9 Å². The molecule has 47 heavy (non-hydrogen) atoms. The number of anilines is 1. The van der Waals surface area contributed by atoms with Gasteiger partial charge in [0.25, 0.3) is 5.91 Å². The Bertz CT molecular complexity index is 1490. The molecule has 1 spiro atoms. The second-order valence-electron chi connectivity index (χ2n) is 12.3. The maximum Gasteiger partial charge on any atom is 0.313 e. The summed E-state index contributed by atoms with van der Waals surface area (Å²) in [7, 11) is 0. The number of nitrogens with zero attached hydrogens (tertiary/aromatic N) is 2. The molecule has 0 saturated carbocycles. The molecule has 2 bridgehead atoms. The zero-order valence-electron chi connectivity index (χ0n) is 26.6. The Kier molecular flexibility index (Phi) is 10.8. The molecule has 5 rings (SSSR count). The number of hydrogen-bond acceptors (Lipinski definition) is 7. The number of hydrogen-bond donors (Lipinski definition) is 2. The van der Waals surface area contributed by atoms with Crippen molar-refractivity contribution in [2.24, 2.45) is 11.8 Å². The topological polar surface area (TPSA) is 125 Å². The molecule has 0 unspecified atom stereocenters. The van der Waals surface area contributed by atoms with Crippen LogP contribution in [-0.2, 0) is 28.7 Å². The van der Waals surface area contributed by atoms with Crippen LogP contribution in [0.3, 0.4) is 0 Å². The first-order chi connectivity index (χ1) is 22.7. The first-order valence-corrected chi connectivity index (χ1v) is 16.5. The highest BCUT2D eigenvalue weighted by atomic mass is 35.5. The molecule has 11 heteroatoms. The molecule has 2 aromatic carbocycles. The van der Waals surface area contributed by atoms with E-state index in [1.54, 1.807) is 43.3 Å². The van der Waals surface area contributed by atoms with Gasteiger partial charge in [0.15, 0.2) is 0 Å². The average Bonchev–Trinajstić information content (AvgIpc) is 3.71. The number of benzene rings is 2. The van der Waals surface area contributed by atoms with Crippen molar-refractivity contribution in [2.75, 3.05) is 24.6 Å². The van der Waals surface area contributed by atoms with Crippen LogP contribution in [0.5, 0.6) is 0 Å². The molecule has 10 nitrogen and oxygen atoms in total. The fourth-order valence-electron chi connectivity index (χ4n) is 7.34. The molecule has 0 aliphatic carbocycles. The van der Waals surface area contributed by atoms with Crippen LogP contribution >= 0.6 is 11.6 Å². The van der Waals surface area contributed by atoms with E-state index in [9.17, 15) is 24.3 Å². The first kappa shape index (κ1) is 34.3. The molecule has 2 N–H and O–H groups in total. The molecule has 2 aromatic rings. The van der Waals surface area contributed by atoms with E-state index in [4.69, 9.17) is 21.1 Å². The Hall–Kier alpha value is -3.99. The van der Waals surface area contributed by atoms with Crippen molar-refractivity contribution in [2.45, 2.75) is 68.9 Å². The van der Waals surface area contributed by atoms with Crippen LogP contribution in [0.4, 0.5) is 5.69 Å². The minimum atomic E-state index is -1.25. The van der Waals surface area contributed by atoms with Gasteiger partial charge >= 0.3 is 5.97 Å². The van der Waals surface area contributed by atoms with Crippen molar-refractivity contribution in [3.8, 4) is 0 Å². The molecule has 3 aliphatic heterocycles. The standard InChI is InChI=1S/C36H42ClN3O7/c1-4-6-13-28(42)38-23(3)31(24-11-8-7-9-12-24)46-35(45)29-27-18-19-36(47-27)30(29)33(43)40(21-10-22-41)32(36)34(44)39(20-5-2)26-16-14-25(37)15-17-26/h4-5,7-9,11-12,14-17,23,27,29-32,41H,1-2,6,10,13,18-22H2,3H3,(H,38,42)/t23-,27-,29+,30+,31-,32-,36+/m0/s1. The number of nitrogens with one attached hydrogen (secondary N) is 1. The SMILES string of the molecule is C=CCCC(=O)N[C@@H](C)[C@H](OC(=O)[C@@H]1[C@@H]2CC[C@]3(O2)[C@H](C(=O)N(CC=C)c2ccc(Cl)cc2)N(CCCO)C(=O)[C@@H]13)c1ccccc1. The fraction of sp³-hybridized carbons (Fsp3) is 0.444. The van der Waals surface area contributed by atoms with Gasteiger partial charge in [-0.2, -0.15) is 0 Å². The molecule has 3 heterocycles. The number of carbonyl (C=O) groups is 4. The van der Waals surface area contributed by atoms with Crippen LogP contribution in [0, 0.1) is 11.8 Å². The lowest BCUT2D eigenvalue weighted by molar-refractivity contribution is -0.162. The Morgan fingerprint density at radius 3 is 2.55 bits per heavy atom. The fourth-order valence-corrected chi connectivity index (χ4v) is 7.47. The number of aliphatic hydroxyl groups is 1. The molecule has 0 radical (unpaired) electrons. The molecule has 0 aromatic heterocycles. The van der Waals surface area contributed by atoms with Gasteiger partial charge in [-0.3, -0.25) is 19.2 Å². The molecule has 7 atom stereocenters. The van der Waals surface area contributed by atoms with E-state index in [2.05, 4.69) is 18.5 Å². The van der Waals surface area contributed by atoms with Crippen molar-refractivity contribution in [3.05, 3.63) is 90.5 Å². The van der Waals surface area contributed by atoms with Crippen LogP contribution in [-0.4, -0.2) is 77.2 Å². The predicted octanol–water partition coefficient (Wildman–Crippen LogP) is 4.37. The Labute approximate surface area is 280 Å². The number of likely N-dealkylation sites (tertiary alicyclic amines) is 1. The van der Waals surface area contributed by atoms with Crippen LogP contribution in [0.25, 0.3) is 0 Å². The van der Waals surface area contributed by atoms with Crippen molar-refractivity contribution in [3.63, 3.8) is 0 Å². The summed E-state index contributed by atoms with van der Waals surface area (Å²) in [6, 6.07) is 14.3. The number of rotatable bonds is 15. The molecule has 3 fully saturated rings. The number of aliphatic hydroxyl groups excluding tert-OH is 1. The summed E-state index contributed by atoms with van der Waals surface area (Å²) < 4.78 is 12.8. The highest BCUT2D eigenvalue weighted by molar-refractivity contribution is 6.30. The van der Waals surface area contributed by atoms with Crippen molar-refractivity contribution < 1.29 is 33.8 Å². The van der Waals surface area contributed by atoms with Gasteiger partial charge in [-0.05, 0) is 62.4 Å². The van der Waals surface area contributed by atoms with Crippen molar-refractivity contribution >= 4 is 41.0 Å². The zero-order chi connectivity index (χ0) is 33.7. The second-order valence-corrected chi connectivity index (χ2v) is 12.8. The molecular formula is C36H42ClN3O7. The summed E-state index contributed by atoms with van der Waals surface area (Å²) >= 11 is 6.12. The number of ether oxygens (including phenoxy) is 2. The number of amides is 3. The van der Waals surface area contributed by atoms with Gasteiger partial charge in [0.1, 0.15) is 17.7 Å². The van der Waals surface area contributed by atoms with Gasteiger partial charge in [0.05, 0.1) is 24.0 Å². The predicted molar refractivity (Wildman–Crippen MR) is 177 cm³/mol. The Morgan fingerprint density at radius 1 is 1.17 bits per heavy atom. The highest BCUT2D eigenvalue weighted by Gasteiger charge is 2.75. The van der Waals surface area contributed by atoms with E-state index in [0.717, 1.165) is 0 Å². The lowest BCUT2D eigenvalue weighted by Crippen LogP contribution is -2.56. The van der Waals surface area contributed by atoms with Gasteiger partial charge in [-0.1, -0.05) is 54.1 Å². The van der Waals surface area contributed by atoms with E-state index in [1.807, 2.05) is 30.3 Å². The van der Waals surface area contributed by atoms with Gasteiger partial charge in [0, 0.05) is 36.8 Å². The number of allylic oxidation sites excluding steroid dienone is 1. The lowest BCUT2D eigenvalue weighted by Gasteiger charge is -2.36. The molecule has 3 aliphatic rings. The second kappa shape index (κ2) is 14.8. The summed E-state index contributed by atoms with van der Waals surface area (Å²) in [6.07, 6.45) is 3.69. The largest absolute Gasteiger partial charge is 0.455 e. The van der Waals surface area contributed by atoms with Gasteiger partial charge < -0.3 is 29.7 Å². The summed E-state index contributed by atoms with van der Waals surface area (Å²) in [5.41, 5.74) is 0.0120. The van der Waals surface area contributed by atoms with Gasteiger partial charge in [-0.15, -0.1) is 13.2 Å². The number of fused-ring (bicyclic) bond motifs is 1. The normalized spacial score (nSPS) is 25.5. The van der Waals surface area contributed by atoms with Gasteiger partial charge in [-0.25, -0.2) is 0 Å². The van der Waals surface area contributed by atoms with E-state index in [1.165, 1.54) is 9.80 Å². The monoisotopic (exact) mass is 663 g/mol. The van der Waals surface area contributed by atoms with E-state index in [-0.39, 0.29) is 50.3 Å². The van der Waals surface area contributed by atoms with E-state index in [0.29, 0.717) is 35.5 Å². The van der Waals surface area contributed by atoms with Gasteiger partial charge in [0.2, 0.25) is 11.8 Å². The quantitative estimate of drug-likeness (QED) is 0.214. The summed E-state index contributed by atoms with van der Waals surface area (Å²) in [5.74, 6) is -3.47. The molecule has 3 amide bonds. The Morgan fingerprint density at radius 2 is 1.89 bits per heavy atom. The minimum absolute atomic E-state index is 0.114. The van der Waals surface area contributed by atoms with Crippen LogP contribution in [0.2, 0.25) is 5.02 Å². The average molecular weight is 664 g/mol. The lowest BCUT2D eigenvalue weighted by atomic mass is 9.70. The third-order valence-corrected chi connectivity index (χ3v) is 9.62. The Balaban J connectivity index is 1.46. The summed E-state index contributed by atoms with van der Waals surface area (Å²) in [6.45, 7) is 9.37. The van der Waals surface area contributed by atoms with E-state index < -0.39 is 47.7 Å². The third-order valence-electron chi connectivity index (χ3n) is 9.37. The number of esters is 1. The zero-order valence-corrected chi connectivity index (χ0v) is 27.3. The van der Waals surface area contributed by atoms with Crippen LogP contribution < -0.4 is 10.2 Å². The maximum absolute atomic E-state index is 14.5. The highest BCUT2D eigenvalue weighted by Crippen LogP contribution is 2.59. The van der Waals surface area contributed by atoms with E-state index >= 15 is 0 Å². The number of carbonyl (C=O) groups excluding carboxylic acids is 4. The first-order valence-electron chi connectivity index (χ1n) is 16.1. The summed E-state index contributed by atoms with van der Waals surface area (Å²) in [5, 5.41) is 13.1. The number of halogens is 1. The third kappa shape index (κ3) is 6.72. The van der Waals surface area contributed by atoms with Crippen LogP contribution in [0.1, 0.15) is 50.7 Å². The minimum Gasteiger partial charge on any atom is -0.455 e. The molecule has 3 saturated heterocycles. The molecule has 250 valence electrons. The summed E-state index contributed by atoms with van der Waals surface area (Å²) in [4.78, 5) is 58.6. The maximum atomic E-state index is 14.5. The van der Waals surface area contributed by atoms with Crippen molar-refractivity contribution in [1.82, 2.24) is 10.2 Å². The smallest absolute Gasteiger partial charge is 0.313 e. The molecular weight excluding hydrogens is 622 g/mol.